The summed E-state index contributed by atoms with van der Waals surface area (Å²) in [7, 11) is 4.25. The summed E-state index contributed by atoms with van der Waals surface area (Å²) in [5.74, 6) is 0.674. The average molecular weight is 359 g/mol. The van der Waals surface area contributed by atoms with Crippen LogP contribution in [0.15, 0.2) is 49.1 Å². The zero-order valence-electron chi connectivity index (χ0n) is 15.4. The Morgan fingerprint density at radius 1 is 1.11 bits per heavy atom. The van der Waals surface area contributed by atoms with Crippen molar-refractivity contribution < 1.29 is 0 Å². The molecule has 0 spiro atoms. The SMILES string of the molecule is CN(C)C1CC(Nc2ncc3c(-c4cnc5ncccc5c4)ccn3n2)C1. The highest BCUT2D eigenvalue weighted by Crippen LogP contribution is 2.28. The summed E-state index contributed by atoms with van der Waals surface area (Å²) in [5, 5.41) is 9.08. The molecule has 1 fully saturated rings. The fourth-order valence-corrected chi connectivity index (χ4v) is 3.63. The van der Waals surface area contributed by atoms with E-state index in [9.17, 15) is 0 Å². The van der Waals surface area contributed by atoms with E-state index >= 15 is 0 Å². The summed E-state index contributed by atoms with van der Waals surface area (Å²) in [4.78, 5) is 15.5. The first-order valence-electron chi connectivity index (χ1n) is 9.16. The molecular formula is C20H21N7. The van der Waals surface area contributed by atoms with Gasteiger partial charge < -0.3 is 10.2 Å². The summed E-state index contributed by atoms with van der Waals surface area (Å²) in [6, 6.07) is 9.20. The van der Waals surface area contributed by atoms with Crippen LogP contribution in [0.2, 0.25) is 0 Å². The van der Waals surface area contributed by atoms with Gasteiger partial charge in [-0.3, -0.25) is 0 Å². The van der Waals surface area contributed by atoms with Gasteiger partial charge in [-0.05, 0) is 51.2 Å². The van der Waals surface area contributed by atoms with Gasteiger partial charge in [0.2, 0.25) is 5.95 Å². The lowest BCUT2D eigenvalue weighted by Crippen LogP contribution is -2.47. The fraction of sp³-hybridized carbons (Fsp3) is 0.300. The normalized spacial score (nSPS) is 19.5. The maximum atomic E-state index is 4.62. The van der Waals surface area contributed by atoms with Crippen molar-refractivity contribution in [1.82, 2.24) is 29.5 Å². The molecule has 1 aliphatic carbocycles. The molecule has 1 saturated carbocycles. The summed E-state index contributed by atoms with van der Waals surface area (Å²) >= 11 is 0. The van der Waals surface area contributed by atoms with Crippen LogP contribution in [-0.2, 0) is 0 Å². The molecule has 5 rings (SSSR count). The van der Waals surface area contributed by atoms with Crippen LogP contribution in [-0.4, -0.2) is 55.6 Å². The van der Waals surface area contributed by atoms with E-state index in [1.54, 1.807) is 6.20 Å². The second-order valence-electron chi connectivity index (χ2n) is 7.35. The number of pyridine rings is 2. The van der Waals surface area contributed by atoms with E-state index in [0.29, 0.717) is 18.0 Å². The van der Waals surface area contributed by atoms with E-state index in [2.05, 4.69) is 56.5 Å². The highest BCUT2D eigenvalue weighted by atomic mass is 15.3. The molecule has 0 amide bonds. The molecule has 0 aliphatic heterocycles. The van der Waals surface area contributed by atoms with Crippen molar-refractivity contribution in [2.24, 2.45) is 0 Å². The molecule has 1 aliphatic rings. The van der Waals surface area contributed by atoms with E-state index in [0.717, 1.165) is 40.5 Å². The van der Waals surface area contributed by atoms with E-state index in [1.165, 1.54) is 0 Å². The molecule has 7 nitrogen and oxygen atoms in total. The van der Waals surface area contributed by atoms with E-state index < -0.39 is 0 Å². The average Bonchev–Trinajstić information content (AvgIpc) is 3.07. The maximum Gasteiger partial charge on any atom is 0.241 e. The van der Waals surface area contributed by atoms with Gasteiger partial charge in [0.25, 0.3) is 0 Å². The van der Waals surface area contributed by atoms with Crippen LogP contribution < -0.4 is 5.32 Å². The lowest BCUT2D eigenvalue weighted by atomic mass is 9.86. The van der Waals surface area contributed by atoms with Crippen LogP contribution >= 0.6 is 0 Å². The number of anilines is 1. The van der Waals surface area contributed by atoms with Gasteiger partial charge in [0, 0.05) is 47.2 Å². The van der Waals surface area contributed by atoms with Crippen molar-refractivity contribution >= 4 is 22.5 Å². The monoisotopic (exact) mass is 359 g/mol. The molecular weight excluding hydrogens is 338 g/mol. The first-order valence-corrected chi connectivity index (χ1v) is 9.16. The van der Waals surface area contributed by atoms with Gasteiger partial charge in [-0.2, -0.15) is 0 Å². The second kappa shape index (κ2) is 6.28. The smallest absolute Gasteiger partial charge is 0.241 e. The van der Waals surface area contributed by atoms with Gasteiger partial charge in [0.1, 0.15) is 0 Å². The minimum atomic E-state index is 0.446. The van der Waals surface area contributed by atoms with Crippen LogP contribution in [0.3, 0.4) is 0 Å². The molecule has 27 heavy (non-hydrogen) atoms. The number of rotatable bonds is 4. The second-order valence-corrected chi connectivity index (χ2v) is 7.35. The topological polar surface area (TPSA) is 71.2 Å². The number of aromatic nitrogens is 5. The fourth-order valence-electron chi connectivity index (χ4n) is 3.63. The van der Waals surface area contributed by atoms with Crippen molar-refractivity contribution in [2.45, 2.75) is 24.9 Å². The zero-order chi connectivity index (χ0) is 18.4. The molecule has 136 valence electrons. The number of hydrogen-bond acceptors (Lipinski definition) is 6. The Morgan fingerprint density at radius 2 is 2.00 bits per heavy atom. The van der Waals surface area contributed by atoms with Gasteiger partial charge in [-0.25, -0.2) is 19.5 Å². The molecule has 4 aromatic heterocycles. The molecule has 4 heterocycles. The van der Waals surface area contributed by atoms with Crippen LogP contribution in [0.25, 0.3) is 27.7 Å². The molecule has 0 saturated heterocycles. The molecule has 0 bridgehead atoms. The van der Waals surface area contributed by atoms with Crippen LogP contribution in [0.4, 0.5) is 5.95 Å². The van der Waals surface area contributed by atoms with Crippen molar-refractivity contribution in [2.75, 3.05) is 19.4 Å². The van der Waals surface area contributed by atoms with Crippen LogP contribution in [0, 0.1) is 0 Å². The van der Waals surface area contributed by atoms with E-state index in [1.807, 2.05) is 35.2 Å². The van der Waals surface area contributed by atoms with Gasteiger partial charge in [-0.15, -0.1) is 5.10 Å². The summed E-state index contributed by atoms with van der Waals surface area (Å²) in [6.07, 6.45) is 9.71. The molecule has 1 N–H and O–H groups in total. The molecule has 0 radical (unpaired) electrons. The third-order valence-corrected chi connectivity index (χ3v) is 5.36. The van der Waals surface area contributed by atoms with Gasteiger partial charge in [-0.1, -0.05) is 0 Å². The lowest BCUT2D eigenvalue weighted by molar-refractivity contribution is 0.177. The van der Waals surface area contributed by atoms with Gasteiger partial charge >= 0.3 is 0 Å². The summed E-state index contributed by atoms with van der Waals surface area (Å²) < 4.78 is 1.88. The predicted molar refractivity (Wildman–Crippen MR) is 106 cm³/mol. The number of fused-ring (bicyclic) bond motifs is 2. The standard InChI is InChI=1S/C20H21N7/c1-26(2)16-9-15(10-16)24-20-23-12-18-17(5-7-27(18)25-20)14-8-13-4-3-6-21-19(13)22-11-14/h3-8,11-12,15-16H,9-10H2,1-2H3,(H,24,25). The van der Waals surface area contributed by atoms with E-state index in [-0.39, 0.29) is 0 Å². The number of nitrogens with zero attached hydrogens (tertiary/aromatic N) is 6. The Balaban J connectivity index is 1.41. The Kier molecular flexibility index (Phi) is 3.75. The molecule has 7 heteroatoms. The van der Waals surface area contributed by atoms with Crippen molar-refractivity contribution in [3.8, 4) is 11.1 Å². The Bertz CT molecular complexity index is 1110. The first kappa shape index (κ1) is 16.1. The highest BCUT2D eigenvalue weighted by molar-refractivity contribution is 5.86. The van der Waals surface area contributed by atoms with Gasteiger partial charge in [0.05, 0.1) is 11.7 Å². The van der Waals surface area contributed by atoms with Gasteiger partial charge in [0.15, 0.2) is 5.65 Å². The number of nitrogens with one attached hydrogen (secondary N) is 1. The Morgan fingerprint density at radius 3 is 2.85 bits per heavy atom. The Labute approximate surface area is 157 Å². The van der Waals surface area contributed by atoms with Crippen molar-refractivity contribution in [3.63, 3.8) is 0 Å². The molecule has 0 unspecified atom stereocenters. The Hall–Kier alpha value is -3.06. The van der Waals surface area contributed by atoms with Crippen LogP contribution in [0.5, 0.6) is 0 Å². The minimum absolute atomic E-state index is 0.446. The molecule has 4 aromatic rings. The van der Waals surface area contributed by atoms with Crippen molar-refractivity contribution in [3.05, 3.63) is 49.1 Å². The largest absolute Gasteiger partial charge is 0.350 e. The van der Waals surface area contributed by atoms with Crippen molar-refractivity contribution in [1.29, 1.82) is 0 Å². The quantitative estimate of drug-likeness (QED) is 0.604. The molecule has 0 aromatic carbocycles. The first-order chi connectivity index (χ1) is 13.2. The minimum Gasteiger partial charge on any atom is -0.350 e. The summed E-state index contributed by atoms with van der Waals surface area (Å²) in [6.45, 7) is 0. The third-order valence-electron chi connectivity index (χ3n) is 5.36. The van der Waals surface area contributed by atoms with E-state index in [4.69, 9.17) is 0 Å². The highest BCUT2D eigenvalue weighted by Gasteiger charge is 2.30. The molecule has 0 atom stereocenters. The predicted octanol–water partition coefficient (Wildman–Crippen LogP) is 2.84. The number of hydrogen-bond donors (Lipinski definition) is 1. The third kappa shape index (κ3) is 2.90. The lowest BCUT2D eigenvalue weighted by Gasteiger charge is -2.39. The van der Waals surface area contributed by atoms with Crippen LogP contribution in [0.1, 0.15) is 12.8 Å². The zero-order valence-corrected chi connectivity index (χ0v) is 15.4. The summed E-state index contributed by atoms with van der Waals surface area (Å²) in [5.41, 5.74) is 3.82. The maximum absolute atomic E-state index is 4.62.